The van der Waals surface area contributed by atoms with E-state index in [2.05, 4.69) is 0 Å². The van der Waals surface area contributed by atoms with Crippen molar-refractivity contribution in [1.29, 1.82) is 0 Å². The van der Waals surface area contributed by atoms with E-state index >= 15 is 0 Å². The van der Waals surface area contributed by atoms with Gasteiger partial charge in [-0.05, 0) is 46.5 Å². The van der Waals surface area contributed by atoms with Gasteiger partial charge in [-0.1, -0.05) is 12.1 Å². The number of ether oxygens (including phenoxy) is 1. The molecule has 2 heterocycles. The summed E-state index contributed by atoms with van der Waals surface area (Å²) in [6.45, 7) is 0. The summed E-state index contributed by atoms with van der Waals surface area (Å²) in [6.07, 6.45) is 1.61. The Labute approximate surface area is 111 Å². The average Bonchev–Trinajstić information content (AvgIpc) is 2.37. The van der Waals surface area contributed by atoms with Crippen LogP contribution in [0.15, 0.2) is 36.4 Å². The van der Waals surface area contributed by atoms with Gasteiger partial charge in [0.15, 0.2) is 0 Å². The monoisotopic (exact) mass is 254 g/mol. The number of phenols is 2. The highest BCUT2D eigenvalue weighted by molar-refractivity contribution is 5.45. The minimum absolute atomic E-state index is 0.0312. The van der Waals surface area contributed by atoms with E-state index in [0.717, 1.165) is 24.0 Å². The summed E-state index contributed by atoms with van der Waals surface area (Å²) in [5.74, 6) is 0.620. The minimum atomic E-state index is 0.0312. The molecule has 0 radical (unpaired) electrons. The molecule has 3 heteroatoms. The largest absolute Gasteiger partial charge is 0.508 e. The number of rotatable bonds is 0. The molecule has 0 unspecified atom stereocenters. The predicted octanol–water partition coefficient (Wildman–Crippen LogP) is 3.01. The van der Waals surface area contributed by atoms with Crippen molar-refractivity contribution >= 4 is 0 Å². The van der Waals surface area contributed by atoms with E-state index in [-0.39, 0.29) is 12.2 Å². The van der Waals surface area contributed by atoms with Crippen LogP contribution in [0.3, 0.4) is 0 Å². The van der Waals surface area contributed by atoms with Gasteiger partial charge in [0.1, 0.15) is 11.5 Å². The van der Waals surface area contributed by atoms with Gasteiger partial charge in [0, 0.05) is 12.8 Å². The maximum Gasteiger partial charge on any atom is 0.115 e. The van der Waals surface area contributed by atoms with Crippen molar-refractivity contribution in [1.82, 2.24) is 0 Å². The smallest absolute Gasteiger partial charge is 0.115 e. The number of fused-ring (bicyclic) bond motifs is 6. The summed E-state index contributed by atoms with van der Waals surface area (Å²) in [7, 11) is 0. The van der Waals surface area contributed by atoms with Crippen LogP contribution in [0, 0.1) is 0 Å². The zero-order valence-electron chi connectivity index (χ0n) is 10.3. The average molecular weight is 254 g/mol. The standard InChI is InChI=1S/C16H14O3/c17-11-1-3-13-9(5-11)7-16-14-4-2-12(18)6-10(14)8-15(13)19-16/h1-6,15-18H,7-8H2/t15-,16-/m1/s1. The van der Waals surface area contributed by atoms with E-state index in [0.29, 0.717) is 11.5 Å². The van der Waals surface area contributed by atoms with Crippen molar-refractivity contribution in [2.45, 2.75) is 25.0 Å². The van der Waals surface area contributed by atoms with Crippen LogP contribution in [-0.2, 0) is 17.6 Å². The van der Waals surface area contributed by atoms with E-state index in [1.165, 1.54) is 11.1 Å². The van der Waals surface area contributed by atoms with Crippen molar-refractivity contribution < 1.29 is 14.9 Å². The molecule has 2 aromatic rings. The van der Waals surface area contributed by atoms with Gasteiger partial charge in [-0.15, -0.1) is 0 Å². The second-order valence-corrected chi connectivity index (χ2v) is 5.29. The van der Waals surface area contributed by atoms with Gasteiger partial charge in [0.2, 0.25) is 0 Å². The lowest BCUT2D eigenvalue weighted by Crippen LogP contribution is -2.27. The van der Waals surface area contributed by atoms with Gasteiger partial charge in [-0.25, -0.2) is 0 Å². The summed E-state index contributed by atoms with van der Waals surface area (Å²) < 4.78 is 6.09. The first kappa shape index (κ1) is 10.9. The van der Waals surface area contributed by atoms with Crippen molar-refractivity contribution in [2.24, 2.45) is 0 Å². The lowest BCUT2D eigenvalue weighted by molar-refractivity contribution is -0.0393. The molecule has 0 spiro atoms. The van der Waals surface area contributed by atoms with Crippen LogP contribution in [0.5, 0.6) is 11.5 Å². The van der Waals surface area contributed by atoms with Crippen LogP contribution in [-0.4, -0.2) is 10.2 Å². The third-order valence-electron chi connectivity index (χ3n) is 4.09. The second kappa shape index (κ2) is 3.75. The molecule has 2 aliphatic heterocycles. The highest BCUT2D eigenvalue weighted by Gasteiger charge is 2.34. The van der Waals surface area contributed by atoms with Crippen LogP contribution in [0.1, 0.15) is 34.5 Å². The fraction of sp³-hybridized carbons (Fsp3) is 0.250. The summed E-state index contributed by atoms with van der Waals surface area (Å²) in [5, 5.41) is 19.2. The quantitative estimate of drug-likeness (QED) is 0.759. The highest BCUT2D eigenvalue weighted by atomic mass is 16.5. The Hall–Kier alpha value is -2.00. The molecule has 2 aromatic carbocycles. The van der Waals surface area contributed by atoms with Crippen LogP contribution in [0.2, 0.25) is 0 Å². The predicted molar refractivity (Wildman–Crippen MR) is 70.2 cm³/mol. The Bertz CT molecular complexity index is 606. The molecular formula is C16H14O3. The van der Waals surface area contributed by atoms with Crippen molar-refractivity contribution in [3.63, 3.8) is 0 Å². The van der Waals surface area contributed by atoms with Gasteiger partial charge >= 0.3 is 0 Å². The Morgan fingerprint density at radius 1 is 0.789 bits per heavy atom. The molecule has 4 rings (SSSR count). The zero-order valence-corrected chi connectivity index (χ0v) is 10.3. The molecule has 2 N–H and O–H groups in total. The highest BCUT2D eigenvalue weighted by Crippen LogP contribution is 2.45. The molecule has 0 aromatic heterocycles. The Balaban J connectivity index is 1.83. The molecule has 0 aliphatic carbocycles. The lowest BCUT2D eigenvalue weighted by Gasteiger charge is -2.38. The number of hydrogen-bond donors (Lipinski definition) is 2. The molecule has 0 fully saturated rings. The van der Waals surface area contributed by atoms with Gasteiger partial charge in [-0.2, -0.15) is 0 Å². The number of hydrogen-bond acceptors (Lipinski definition) is 3. The Kier molecular flexibility index (Phi) is 2.15. The fourth-order valence-electron chi connectivity index (χ4n) is 3.23. The first-order valence-corrected chi connectivity index (χ1v) is 6.50. The van der Waals surface area contributed by atoms with Gasteiger partial charge in [0.25, 0.3) is 0 Å². The molecular weight excluding hydrogens is 240 g/mol. The Morgan fingerprint density at radius 3 is 1.74 bits per heavy atom. The first-order valence-electron chi connectivity index (χ1n) is 6.50. The number of benzene rings is 2. The Morgan fingerprint density at radius 2 is 1.26 bits per heavy atom. The molecule has 96 valence electrons. The first-order chi connectivity index (χ1) is 9.20. The number of aromatic hydroxyl groups is 2. The summed E-state index contributed by atoms with van der Waals surface area (Å²) in [5.41, 5.74) is 4.64. The van der Waals surface area contributed by atoms with Crippen LogP contribution >= 0.6 is 0 Å². The maximum absolute atomic E-state index is 9.61. The second-order valence-electron chi connectivity index (χ2n) is 5.29. The van der Waals surface area contributed by atoms with E-state index < -0.39 is 0 Å². The van der Waals surface area contributed by atoms with Gasteiger partial charge in [-0.3, -0.25) is 0 Å². The SMILES string of the molecule is Oc1ccc2c(c1)C[C@H]1O[C@@H]2Cc2cc(O)ccc21. The van der Waals surface area contributed by atoms with Crippen LogP contribution in [0.25, 0.3) is 0 Å². The molecule has 2 atom stereocenters. The topological polar surface area (TPSA) is 49.7 Å². The normalized spacial score (nSPS) is 23.6. The van der Waals surface area contributed by atoms with Crippen molar-refractivity contribution in [3.8, 4) is 11.5 Å². The summed E-state index contributed by atoms with van der Waals surface area (Å²) >= 11 is 0. The van der Waals surface area contributed by atoms with Gasteiger partial charge in [0.05, 0.1) is 12.2 Å². The fourth-order valence-corrected chi connectivity index (χ4v) is 3.23. The summed E-state index contributed by atoms with van der Waals surface area (Å²) in [6, 6.07) is 11.0. The van der Waals surface area contributed by atoms with Crippen molar-refractivity contribution in [2.75, 3.05) is 0 Å². The third-order valence-corrected chi connectivity index (χ3v) is 4.09. The van der Waals surface area contributed by atoms with E-state index in [9.17, 15) is 10.2 Å². The van der Waals surface area contributed by atoms with Crippen LogP contribution < -0.4 is 0 Å². The van der Waals surface area contributed by atoms with E-state index in [1.54, 1.807) is 12.1 Å². The van der Waals surface area contributed by atoms with Gasteiger partial charge < -0.3 is 14.9 Å². The minimum Gasteiger partial charge on any atom is -0.508 e. The molecule has 0 saturated heterocycles. The molecule has 0 saturated carbocycles. The maximum atomic E-state index is 9.61. The number of phenolic OH excluding ortho intramolecular Hbond substituents is 2. The zero-order chi connectivity index (χ0) is 13.0. The van der Waals surface area contributed by atoms with E-state index in [4.69, 9.17) is 4.74 Å². The molecule has 2 bridgehead atoms. The molecule has 19 heavy (non-hydrogen) atoms. The van der Waals surface area contributed by atoms with Crippen molar-refractivity contribution in [3.05, 3.63) is 58.7 Å². The van der Waals surface area contributed by atoms with Crippen LogP contribution in [0.4, 0.5) is 0 Å². The third kappa shape index (κ3) is 1.62. The molecule has 3 nitrogen and oxygen atoms in total. The lowest BCUT2D eigenvalue weighted by atomic mass is 9.82. The molecule has 0 amide bonds. The summed E-state index contributed by atoms with van der Waals surface area (Å²) in [4.78, 5) is 0. The van der Waals surface area contributed by atoms with E-state index in [1.807, 2.05) is 24.3 Å². The molecule has 2 aliphatic rings.